The van der Waals surface area contributed by atoms with Crippen molar-refractivity contribution in [1.82, 2.24) is 9.55 Å². The van der Waals surface area contributed by atoms with Gasteiger partial charge in [0.1, 0.15) is 0 Å². The second-order valence-corrected chi connectivity index (χ2v) is 8.10. The minimum absolute atomic E-state index is 0.123. The number of rotatable bonds is 13. The second-order valence-electron chi connectivity index (χ2n) is 8.10. The van der Waals surface area contributed by atoms with Gasteiger partial charge in [-0.25, -0.2) is 4.98 Å². The van der Waals surface area contributed by atoms with E-state index in [-0.39, 0.29) is 22.9 Å². The number of hydrogen-bond acceptors (Lipinski definition) is 9. The van der Waals surface area contributed by atoms with Crippen molar-refractivity contribution in [3.63, 3.8) is 0 Å². The first kappa shape index (κ1) is 27.0. The lowest BCUT2D eigenvalue weighted by Gasteiger charge is -2.08. The molecule has 3 rings (SSSR count). The van der Waals surface area contributed by atoms with Gasteiger partial charge >= 0.3 is 11.4 Å². The van der Waals surface area contributed by atoms with Crippen LogP contribution in [0.5, 0.6) is 11.5 Å². The first-order chi connectivity index (χ1) is 17.8. The van der Waals surface area contributed by atoms with Crippen LogP contribution in [0, 0.1) is 20.2 Å². The Labute approximate surface area is 213 Å². The van der Waals surface area contributed by atoms with Crippen LogP contribution in [0.1, 0.15) is 50.1 Å². The van der Waals surface area contributed by atoms with E-state index >= 15 is 0 Å². The van der Waals surface area contributed by atoms with Crippen LogP contribution in [0.2, 0.25) is 0 Å². The van der Waals surface area contributed by atoms with E-state index in [2.05, 4.69) is 22.1 Å². The largest absolute Gasteiger partial charge is 0.490 e. The predicted molar refractivity (Wildman–Crippen MR) is 139 cm³/mol. The fraction of sp³-hybridized carbons (Fsp3) is 0.320. The summed E-state index contributed by atoms with van der Waals surface area (Å²) in [6.45, 7) is 4.51. The van der Waals surface area contributed by atoms with Crippen LogP contribution in [0.3, 0.4) is 0 Å². The van der Waals surface area contributed by atoms with Gasteiger partial charge in [-0.2, -0.15) is 10.2 Å². The minimum atomic E-state index is -0.494. The second kappa shape index (κ2) is 12.9. The summed E-state index contributed by atoms with van der Waals surface area (Å²) in [5, 5.41) is 31.1. The zero-order valence-corrected chi connectivity index (χ0v) is 20.9. The number of nitro benzene ring substituents is 2. The quantitative estimate of drug-likeness (QED) is 0.134. The lowest BCUT2D eigenvalue weighted by molar-refractivity contribution is -0.386. The minimum Gasteiger partial charge on any atom is -0.490 e. The monoisotopic (exact) mass is 508 g/mol. The molecule has 194 valence electrons. The van der Waals surface area contributed by atoms with Gasteiger partial charge in [0.15, 0.2) is 17.3 Å². The molecule has 0 saturated heterocycles. The highest BCUT2D eigenvalue weighted by molar-refractivity contribution is 5.99. The summed E-state index contributed by atoms with van der Waals surface area (Å²) < 4.78 is 12.4. The summed E-state index contributed by atoms with van der Waals surface area (Å²) in [5.74, 6) is 0.890. The van der Waals surface area contributed by atoms with Crippen molar-refractivity contribution in [1.29, 1.82) is 0 Å². The number of unbranched alkanes of at least 4 members (excludes halogenated alkanes) is 2. The fourth-order valence-electron chi connectivity index (χ4n) is 3.52. The lowest BCUT2D eigenvalue weighted by atomic mass is 10.1. The Hall–Kier alpha value is -4.61. The van der Waals surface area contributed by atoms with E-state index in [0.717, 1.165) is 19.3 Å². The van der Waals surface area contributed by atoms with Crippen molar-refractivity contribution < 1.29 is 19.3 Å². The SMILES string of the molecule is CCCCCOc1ccc(/C(C)=N/N=C/c2nccn2Cc2ccc(OC)c([N+](=O)[O-])c2)cc1[N+](=O)[O-]. The smallest absolute Gasteiger partial charge is 0.311 e. The zero-order valence-electron chi connectivity index (χ0n) is 20.9. The summed E-state index contributed by atoms with van der Waals surface area (Å²) in [4.78, 5) is 26.1. The molecule has 1 heterocycles. The maximum Gasteiger partial charge on any atom is 0.311 e. The van der Waals surface area contributed by atoms with Crippen LogP contribution >= 0.6 is 0 Å². The number of aromatic nitrogens is 2. The predicted octanol–water partition coefficient (Wildman–Crippen LogP) is 5.17. The number of nitro groups is 2. The van der Waals surface area contributed by atoms with E-state index in [0.29, 0.717) is 35.8 Å². The molecule has 0 N–H and O–H groups in total. The number of benzene rings is 2. The standard InChI is InChI=1S/C25H28N6O6/c1-4-5-6-13-37-24-10-8-20(15-22(24)31(34)35)18(2)28-27-16-25-26-11-12-29(25)17-19-7-9-23(36-3)21(14-19)30(32)33/h7-12,14-16H,4-6,13,17H2,1-3H3/b27-16+,28-18+. The van der Waals surface area contributed by atoms with Crippen molar-refractivity contribution in [3.8, 4) is 11.5 Å². The topological polar surface area (TPSA) is 147 Å². The molecule has 0 aliphatic carbocycles. The Balaban J connectivity index is 1.74. The number of imidazole rings is 1. The van der Waals surface area contributed by atoms with Gasteiger partial charge in [-0.1, -0.05) is 25.8 Å². The van der Waals surface area contributed by atoms with Gasteiger partial charge in [0.05, 0.1) is 35.5 Å². The molecule has 0 aliphatic heterocycles. The van der Waals surface area contributed by atoms with Crippen LogP contribution in [0.15, 0.2) is 59.0 Å². The van der Waals surface area contributed by atoms with Crippen LogP contribution in [-0.2, 0) is 6.54 Å². The number of methoxy groups -OCH3 is 1. The molecule has 0 atom stereocenters. The molecule has 0 bridgehead atoms. The molecule has 0 fully saturated rings. The Bertz CT molecular complexity index is 1320. The van der Waals surface area contributed by atoms with Crippen molar-refractivity contribution in [2.45, 2.75) is 39.7 Å². The van der Waals surface area contributed by atoms with Gasteiger partial charge < -0.3 is 14.0 Å². The summed E-state index contributed by atoms with van der Waals surface area (Å²) in [6, 6.07) is 9.43. The van der Waals surface area contributed by atoms with E-state index in [1.165, 1.54) is 25.5 Å². The third-order valence-corrected chi connectivity index (χ3v) is 5.50. The van der Waals surface area contributed by atoms with Gasteiger partial charge in [-0.15, -0.1) is 0 Å². The van der Waals surface area contributed by atoms with E-state index in [9.17, 15) is 20.2 Å². The summed E-state index contributed by atoms with van der Waals surface area (Å²) in [6.07, 6.45) is 7.60. The third kappa shape index (κ3) is 7.19. The Morgan fingerprint density at radius 3 is 2.51 bits per heavy atom. The maximum absolute atomic E-state index is 11.5. The fourth-order valence-corrected chi connectivity index (χ4v) is 3.52. The van der Waals surface area contributed by atoms with E-state index in [4.69, 9.17) is 9.47 Å². The highest BCUT2D eigenvalue weighted by Crippen LogP contribution is 2.29. The first-order valence-electron chi connectivity index (χ1n) is 11.7. The zero-order chi connectivity index (χ0) is 26.8. The van der Waals surface area contributed by atoms with Crippen molar-refractivity contribution in [3.05, 3.63) is 86.0 Å². The molecule has 12 nitrogen and oxygen atoms in total. The molecule has 3 aromatic rings. The van der Waals surface area contributed by atoms with Crippen LogP contribution < -0.4 is 9.47 Å². The molecule has 0 spiro atoms. The molecule has 1 aromatic heterocycles. The summed E-state index contributed by atoms with van der Waals surface area (Å²) in [5.41, 5.74) is 1.45. The average molecular weight is 509 g/mol. The van der Waals surface area contributed by atoms with Gasteiger partial charge in [-0.05, 0) is 37.1 Å². The maximum atomic E-state index is 11.5. The highest BCUT2D eigenvalue weighted by Gasteiger charge is 2.17. The molecule has 37 heavy (non-hydrogen) atoms. The summed E-state index contributed by atoms with van der Waals surface area (Å²) in [7, 11) is 1.38. The average Bonchev–Trinajstić information content (AvgIpc) is 3.33. The molecule has 2 aromatic carbocycles. The molecule has 0 radical (unpaired) electrons. The van der Waals surface area contributed by atoms with Gasteiger partial charge in [0, 0.05) is 36.6 Å². The van der Waals surface area contributed by atoms with Gasteiger partial charge in [-0.3, -0.25) is 20.2 Å². The molecular formula is C25H28N6O6. The lowest BCUT2D eigenvalue weighted by Crippen LogP contribution is -2.05. The summed E-state index contributed by atoms with van der Waals surface area (Å²) >= 11 is 0. The molecule has 12 heteroatoms. The molecule has 0 amide bonds. The Morgan fingerprint density at radius 1 is 1.08 bits per heavy atom. The molecule has 0 saturated carbocycles. The number of ether oxygens (including phenoxy) is 2. The highest BCUT2D eigenvalue weighted by atomic mass is 16.6. The molecule has 0 unspecified atom stereocenters. The number of nitrogens with zero attached hydrogens (tertiary/aromatic N) is 6. The van der Waals surface area contributed by atoms with Crippen LogP contribution in [0.4, 0.5) is 11.4 Å². The Morgan fingerprint density at radius 2 is 1.81 bits per heavy atom. The van der Waals surface area contributed by atoms with E-state index in [1.54, 1.807) is 48.1 Å². The van der Waals surface area contributed by atoms with E-state index < -0.39 is 9.85 Å². The van der Waals surface area contributed by atoms with Crippen LogP contribution in [0.25, 0.3) is 0 Å². The van der Waals surface area contributed by atoms with Crippen molar-refractivity contribution in [2.24, 2.45) is 10.2 Å². The van der Waals surface area contributed by atoms with Crippen molar-refractivity contribution in [2.75, 3.05) is 13.7 Å². The Kier molecular flexibility index (Phi) is 9.41. The number of hydrogen-bond donors (Lipinski definition) is 0. The van der Waals surface area contributed by atoms with Gasteiger partial charge in [0.25, 0.3) is 0 Å². The van der Waals surface area contributed by atoms with Gasteiger partial charge in [0.2, 0.25) is 0 Å². The van der Waals surface area contributed by atoms with Crippen LogP contribution in [-0.4, -0.2) is 45.0 Å². The van der Waals surface area contributed by atoms with E-state index in [1.807, 2.05) is 0 Å². The first-order valence-corrected chi connectivity index (χ1v) is 11.7. The van der Waals surface area contributed by atoms with Crippen molar-refractivity contribution >= 4 is 23.3 Å². The third-order valence-electron chi connectivity index (χ3n) is 5.50. The normalized spacial score (nSPS) is 11.6. The molecule has 0 aliphatic rings. The molecular weight excluding hydrogens is 480 g/mol.